The first-order valence-electron chi connectivity index (χ1n) is 21.2. The van der Waals surface area contributed by atoms with Gasteiger partial charge in [-0.25, -0.2) is 0 Å². The van der Waals surface area contributed by atoms with Crippen LogP contribution in [0.25, 0.3) is 0 Å². The van der Waals surface area contributed by atoms with Crippen molar-refractivity contribution in [1.29, 1.82) is 0 Å². The normalized spacial score (nSPS) is 14.6. The lowest BCUT2D eigenvalue weighted by Crippen LogP contribution is -2.25. The van der Waals surface area contributed by atoms with Crippen LogP contribution in [0.2, 0.25) is 0 Å². The largest absolute Gasteiger partial charge is 0.493 e. The SMILES string of the molecule is CCC(COc1ccc(C(C)(C)c2ccc(OCC(CC)OCC(C)COc3ccc(C(C)(C)c4ccc(OCC(O)CO)cc4)cc3)cc2)cc1)OCC(C)COC. The molecule has 9 heteroatoms. The van der Waals surface area contributed by atoms with Gasteiger partial charge in [0.1, 0.15) is 48.9 Å². The van der Waals surface area contributed by atoms with Crippen molar-refractivity contribution in [3.63, 3.8) is 0 Å². The fourth-order valence-electron chi connectivity index (χ4n) is 6.62. The highest BCUT2D eigenvalue weighted by atomic mass is 16.5. The molecule has 0 aliphatic rings. The average Bonchev–Trinajstić information content (AvgIpc) is 3.25. The van der Waals surface area contributed by atoms with Crippen LogP contribution in [0.5, 0.6) is 23.0 Å². The molecule has 0 aliphatic heterocycles. The molecule has 4 rings (SSSR count). The molecule has 5 unspecified atom stereocenters. The quantitative estimate of drug-likeness (QED) is 0.0610. The summed E-state index contributed by atoms with van der Waals surface area (Å²) in [7, 11) is 1.72. The Kier molecular flexibility index (Phi) is 19.0. The Balaban J connectivity index is 1.19. The van der Waals surface area contributed by atoms with E-state index in [1.54, 1.807) is 7.11 Å². The Morgan fingerprint density at radius 1 is 0.458 bits per heavy atom. The van der Waals surface area contributed by atoms with Gasteiger partial charge in [-0.2, -0.15) is 0 Å². The van der Waals surface area contributed by atoms with Gasteiger partial charge in [0.15, 0.2) is 0 Å². The third kappa shape index (κ3) is 14.8. The molecule has 0 heterocycles. The summed E-state index contributed by atoms with van der Waals surface area (Å²) in [6.07, 6.45) is 0.863. The zero-order chi connectivity index (χ0) is 42.8. The number of benzene rings is 4. The van der Waals surface area contributed by atoms with Crippen molar-refractivity contribution in [2.24, 2.45) is 11.8 Å². The lowest BCUT2D eigenvalue weighted by Gasteiger charge is -2.27. The Morgan fingerprint density at radius 2 is 0.763 bits per heavy atom. The maximum Gasteiger partial charge on any atom is 0.119 e. The lowest BCUT2D eigenvalue weighted by molar-refractivity contribution is -0.0106. The number of aliphatic hydroxyl groups excluding tert-OH is 2. The molecule has 4 aromatic carbocycles. The predicted molar refractivity (Wildman–Crippen MR) is 235 cm³/mol. The molecule has 324 valence electrons. The van der Waals surface area contributed by atoms with E-state index >= 15 is 0 Å². The third-order valence-electron chi connectivity index (χ3n) is 11.0. The van der Waals surface area contributed by atoms with Crippen LogP contribution in [-0.4, -0.2) is 88.5 Å². The number of hydrogen-bond donors (Lipinski definition) is 2. The van der Waals surface area contributed by atoms with Crippen LogP contribution >= 0.6 is 0 Å². The second-order valence-corrected chi connectivity index (χ2v) is 16.8. The van der Waals surface area contributed by atoms with Gasteiger partial charge in [0.25, 0.3) is 0 Å². The van der Waals surface area contributed by atoms with Gasteiger partial charge in [-0.05, 0) is 83.6 Å². The zero-order valence-corrected chi connectivity index (χ0v) is 36.9. The van der Waals surface area contributed by atoms with Gasteiger partial charge < -0.3 is 43.4 Å². The molecule has 2 N–H and O–H groups in total. The topological polar surface area (TPSA) is 105 Å². The van der Waals surface area contributed by atoms with Crippen LogP contribution < -0.4 is 18.9 Å². The lowest BCUT2D eigenvalue weighted by atomic mass is 9.78. The summed E-state index contributed by atoms with van der Waals surface area (Å²) in [6, 6.07) is 32.9. The van der Waals surface area contributed by atoms with Crippen LogP contribution in [0.15, 0.2) is 97.1 Å². The highest BCUT2D eigenvalue weighted by Gasteiger charge is 2.25. The molecule has 0 bridgehead atoms. The van der Waals surface area contributed by atoms with E-state index in [0.29, 0.717) is 51.3 Å². The Morgan fingerprint density at radius 3 is 1.07 bits per heavy atom. The van der Waals surface area contributed by atoms with Gasteiger partial charge in [-0.15, -0.1) is 0 Å². The van der Waals surface area contributed by atoms with Gasteiger partial charge in [-0.3, -0.25) is 0 Å². The molecule has 0 saturated carbocycles. The summed E-state index contributed by atoms with van der Waals surface area (Å²) in [5, 5.41) is 18.6. The molecule has 4 aromatic rings. The number of aliphatic hydroxyl groups is 2. The van der Waals surface area contributed by atoms with Gasteiger partial charge >= 0.3 is 0 Å². The monoisotopic (exact) mass is 815 g/mol. The van der Waals surface area contributed by atoms with Gasteiger partial charge in [-0.1, -0.05) is 104 Å². The Labute approximate surface area is 353 Å². The molecular weight excluding hydrogens is 745 g/mol. The Hall–Kier alpha value is -4.12. The average molecular weight is 815 g/mol. The summed E-state index contributed by atoms with van der Waals surface area (Å²) in [5.74, 6) is 3.69. The maximum absolute atomic E-state index is 9.55. The van der Waals surface area contributed by atoms with E-state index in [4.69, 9.17) is 38.3 Å². The minimum Gasteiger partial charge on any atom is -0.493 e. The first kappa shape index (κ1) is 47.6. The van der Waals surface area contributed by atoms with Crippen molar-refractivity contribution in [3.8, 4) is 23.0 Å². The zero-order valence-electron chi connectivity index (χ0n) is 36.9. The fourth-order valence-corrected chi connectivity index (χ4v) is 6.62. The molecule has 0 saturated heterocycles. The molecule has 0 aliphatic carbocycles. The van der Waals surface area contributed by atoms with Gasteiger partial charge in [0.2, 0.25) is 0 Å². The summed E-state index contributed by atoms with van der Waals surface area (Å²) < 4.78 is 41.5. The second kappa shape index (κ2) is 23.6. The minimum atomic E-state index is -0.893. The first-order valence-corrected chi connectivity index (χ1v) is 21.2. The van der Waals surface area contributed by atoms with E-state index < -0.39 is 6.10 Å². The Bertz CT molecular complexity index is 1740. The van der Waals surface area contributed by atoms with E-state index in [0.717, 1.165) is 41.2 Å². The maximum atomic E-state index is 9.55. The highest BCUT2D eigenvalue weighted by molar-refractivity contribution is 5.43. The molecule has 9 nitrogen and oxygen atoms in total. The molecule has 0 amide bonds. The number of ether oxygens (including phenoxy) is 7. The van der Waals surface area contributed by atoms with Crippen LogP contribution in [-0.2, 0) is 25.0 Å². The fraction of sp³-hybridized carbons (Fsp3) is 0.520. The van der Waals surface area contributed by atoms with Crippen molar-refractivity contribution >= 4 is 0 Å². The van der Waals surface area contributed by atoms with Crippen LogP contribution in [0.4, 0.5) is 0 Å². The molecule has 59 heavy (non-hydrogen) atoms. The molecule has 5 atom stereocenters. The summed E-state index contributed by atoms with van der Waals surface area (Å²) in [4.78, 5) is 0. The van der Waals surface area contributed by atoms with Crippen molar-refractivity contribution in [2.75, 3.05) is 60.0 Å². The minimum absolute atomic E-state index is 0.0260. The standard InChI is InChI=1S/C50H70O9/c1-10-43(54-30-36(3)29-53-9)34-58-47-24-16-40(17-25-47)50(7,8)41-18-26-48(27-19-41)59-35-44(11-2)55-31-37(4)32-56-45-20-12-38(13-21-45)49(5,6)39-14-22-46(23-15-39)57-33-42(52)28-51/h12-27,36-37,42-44,51-52H,10-11,28-35H2,1-9H3. The van der Waals surface area contributed by atoms with E-state index in [2.05, 4.69) is 91.8 Å². The predicted octanol–water partition coefficient (Wildman–Crippen LogP) is 9.42. The van der Waals surface area contributed by atoms with E-state index in [-0.39, 0.29) is 42.2 Å². The van der Waals surface area contributed by atoms with Crippen LogP contribution in [0.3, 0.4) is 0 Å². The van der Waals surface area contributed by atoms with E-state index in [1.807, 2.05) is 60.7 Å². The summed E-state index contributed by atoms with van der Waals surface area (Å²) >= 11 is 0. The molecular formula is C50H70O9. The van der Waals surface area contributed by atoms with Crippen molar-refractivity contribution < 1.29 is 43.4 Å². The smallest absolute Gasteiger partial charge is 0.119 e. The number of rotatable bonds is 27. The number of methoxy groups -OCH3 is 1. The van der Waals surface area contributed by atoms with Crippen molar-refractivity contribution in [1.82, 2.24) is 0 Å². The van der Waals surface area contributed by atoms with Crippen LogP contribution in [0.1, 0.15) is 90.5 Å². The van der Waals surface area contributed by atoms with Gasteiger partial charge in [0.05, 0.1) is 45.2 Å². The van der Waals surface area contributed by atoms with Crippen molar-refractivity contribution in [2.45, 2.75) is 97.4 Å². The van der Waals surface area contributed by atoms with Crippen molar-refractivity contribution in [3.05, 3.63) is 119 Å². The van der Waals surface area contributed by atoms with E-state index in [1.165, 1.54) is 11.1 Å². The third-order valence-corrected chi connectivity index (χ3v) is 11.0. The number of hydrogen-bond acceptors (Lipinski definition) is 9. The van der Waals surface area contributed by atoms with Gasteiger partial charge in [0, 0.05) is 29.8 Å². The molecule has 0 radical (unpaired) electrons. The molecule has 0 spiro atoms. The van der Waals surface area contributed by atoms with E-state index in [9.17, 15) is 5.11 Å². The highest BCUT2D eigenvalue weighted by Crippen LogP contribution is 2.35. The first-order chi connectivity index (χ1) is 28.3. The molecule has 0 fully saturated rings. The summed E-state index contributed by atoms with van der Waals surface area (Å²) in [6.45, 7) is 20.5. The van der Waals surface area contributed by atoms with Crippen LogP contribution in [0, 0.1) is 11.8 Å². The second-order valence-electron chi connectivity index (χ2n) is 16.8. The molecule has 0 aromatic heterocycles. The summed E-state index contributed by atoms with van der Waals surface area (Å²) in [5.41, 5.74) is 4.27.